The summed E-state index contributed by atoms with van der Waals surface area (Å²) in [5, 5.41) is 9.14. The molecule has 0 aliphatic heterocycles. The number of hydrogen-bond acceptors (Lipinski definition) is 2. The van der Waals surface area contributed by atoms with Crippen LogP contribution in [0.15, 0.2) is 53.1 Å². The largest absolute Gasteiger partial charge is 0.346 e. The molecule has 0 bridgehead atoms. The third-order valence-corrected chi connectivity index (χ3v) is 3.91. The lowest BCUT2D eigenvalue weighted by molar-refractivity contribution is 0.0950. The Kier molecular flexibility index (Phi) is 3.75. The van der Waals surface area contributed by atoms with Crippen LogP contribution in [-0.2, 0) is 13.6 Å². The predicted octanol–water partition coefficient (Wildman–Crippen LogP) is 3.27. The van der Waals surface area contributed by atoms with E-state index in [1.165, 1.54) is 0 Å². The van der Waals surface area contributed by atoms with E-state index in [1.54, 1.807) is 10.9 Å². The lowest BCUT2D eigenvalue weighted by atomic mass is 10.1. The van der Waals surface area contributed by atoms with Gasteiger partial charge in [-0.25, -0.2) is 0 Å². The molecule has 0 spiro atoms. The van der Waals surface area contributed by atoms with E-state index in [2.05, 4.69) is 26.3 Å². The van der Waals surface area contributed by atoms with Gasteiger partial charge < -0.3 is 5.32 Å². The van der Waals surface area contributed by atoms with Crippen LogP contribution in [-0.4, -0.2) is 15.7 Å². The molecule has 5 heteroatoms. The summed E-state index contributed by atoms with van der Waals surface area (Å²) in [4.78, 5) is 12.2. The molecular formula is C16H14BrN3O. The maximum Gasteiger partial charge on any atom is 0.251 e. The first-order valence-corrected chi connectivity index (χ1v) is 7.37. The molecule has 1 amide bonds. The molecule has 1 heterocycles. The fraction of sp³-hybridized carbons (Fsp3) is 0.125. The Hall–Kier alpha value is -2.14. The van der Waals surface area contributed by atoms with E-state index in [1.807, 2.05) is 49.5 Å². The number of halogens is 1. The van der Waals surface area contributed by atoms with Crippen LogP contribution in [0.3, 0.4) is 0 Å². The first-order valence-electron chi connectivity index (χ1n) is 6.58. The van der Waals surface area contributed by atoms with Crippen molar-refractivity contribution in [2.45, 2.75) is 6.54 Å². The highest BCUT2D eigenvalue weighted by Crippen LogP contribution is 2.21. The molecule has 21 heavy (non-hydrogen) atoms. The summed E-state index contributed by atoms with van der Waals surface area (Å²) in [5.74, 6) is -0.0824. The summed E-state index contributed by atoms with van der Waals surface area (Å²) in [6.45, 7) is 0.466. The van der Waals surface area contributed by atoms with Crippen molar-refractivity contribution in [2.24, 2.45) is 7.05 Å². The van der Waals surface area contributed by atoms with Gasteiger partial charge in [0, 0.05) is 23.3 Å². The minimum absolute atomic E-state index is 0.0824. The second-order valence-corrected chi connectivity index (χ2v) is 5.75. The number of fused-ring (bicyclic) bond motifs is 1. The van der Waals surface area contributed by atoms with Crippen LogP contribution >= 0.6 is 15.9 Å². The van der Waals surface area contributed by atoms with Gasteiger partial charge in [0.05, 0.1) is 12.2 Å². The second-order valence-electron chi connectivity index (χ2n) is 4.84. The number of aromatic nitrogens is 2. The average Bonchev–Trinajstić information content (AvgIpc) is 2.89. The highest BCUT2D eigenvalue weighted by Gasteiger charge is 2.07. The molecule has 0 fully saturated rings. The van der Waals surface area contributed by atoms with Gasteiger partial charge >= 0.3 is 0 Å². The van der Waals surface area contributed by atoms with Crippen LogP contribution < -0.4 is 5.32 Å². The number of aryl methyl sites for hydroxylation is 1. The summed E-state index contributed by atoms with van der Waals surface area (Å²) in [6.07, 6.45) is 1.72. The van der Waals surface area contributed by atoms with E-state index in [9.17, 15) is 4.79 Å². The van der Waals surface area contributed by atoms with Gasteiger partial charge in [0.1, 0.15) is 0 Å². The summed E-state index contributed by atoms with van der Waals surface area (Å²) in [6, 6.07) is 13.6. The lowest BCUT2D eigenvalue weighted by Crippen LogP contribution is -2.23. The van der Waals surface area contributed by atoms with Crippen molar-refractivity contribution >= 4 is 32.6 Å². The van der Waals surface area contributed by atoms with Gasteiger partial charge in [0.15, 0.2) is 0 Å². The standard InChI is InChI=1S/C16H14BrN3O/c1-20-15(6-7-19-20)10-18-16(21)13-3-2-12-9-14(17)5-4-11(12)8-13/h2-9H,10H2,1H3,(H,18,21). The molecule has 0 unspecified atom stereocenters. The first kappa shape index (κ1) is 13.8. The number of rotatable bonds is 3. The molecule has 2 aromatic carbocycles. The van der Waals surface area contributed by atoms with E-state index < -0.39 is 0 Å². The molecule has 106 valence electrons. The van der Waals surface area contributed by atoms with Crippen molar-refractivity contribution in [1.29, 1.82) is 0 Å². The van der Waals surface area contributed by atoms with Gasteiger partial charge in [0.2, 0.25) is 0 Å². The quantitative estimate of drug-likeness (QED) is 0.793. The summed E-state index contributed by atoms with van der Waals surface area (Å²) < 4.78 is 2.78. The van der Waals surface area contributed by atoms with Crippen molar-refractivity contribution in [2.75, 3.05) is 0 Å². The number of amides is 1. The van der Waals surface area contributed by atoms with Gasteiger partial charge in [-0.05, 0) is 41.1 Å². The van der Waals surface area contributed by atoms with Gasteiger partial charge in [-0.1, -0.05) is 28.1 Å². The third kappa shape index (κ3) is 2.97. The van der Waals surface area contributed by atoms with E-state index >= 15 is 0 Å². The monoisotopic (exact) mass is 343 g/mol. The number of carbonyl (C=O) groups is 1. The van der Waals surface area contributed by atoms with Crippen LogP contribution in [0.4, 0.5) is 0 Å². The Morgan fingerprint density at radius 2 is 1.95 bits per heavy atom. The SMILES string of the molecule is Cn1nccc1CNC(=O)c1ccc2cc(Br)ccc2c1. The maximum absolute atomic E-state index is 12.2. The van der Waals surface area contributed by atoms with E-state index in [-0.39, 0.29) is 5.91 Å². The number of nitrogens with one attached hydrogen (secondary N) is 1. The molecule has 0 radical (unpaired) electrons. The fourth-order valence-electron chi connectivity index (χ4n) is 2.21. The molecule has 0 atom stereocenters. The average molecular weight is 344 g/mol. The third-order valence-electron chi connectivity index (χ3n) is 3.42. The zero-order valence-electron chi connectivity index (χ0n) is 11.5. The molecule has 0 saturated carbocycles. The Bertz CT molecular complexity index is 810. The molecule has 0 aliphatic carbocycles. The number of hydrogen-bond donors (Lipinski definition) is 1. The minimum Gasteiger partial charge on any atom is -0.346 e. The van der Waals surface area contributed by atoms with Crippen molar-refractivity contribution in [3.63, 3.8) is 0 Å². The van der Waals surface area contributed by atoms with Crippen LogP contribution in [0.25, 0.3) is 10.8 Å². The number of benzene rings is 2. The topological polar surface area (TPSA) is 46.9 Å². The van der Waals surface area contributed by atoms with E-state index in [4.69, 9.17) is 0 Å². The van der Waals surface area contributed by atoms with Crippen molar-refractivity contribution < 1.29 is 4.79 Å². The number of nitrogens with zero attached hydrogens (tertiary/aromatic N) is 2. The molecule has 0 saturated heterocycles. The van der Waals surface area contributed by atoms with Crippen LogP contribution in [0.1, 0.15) is 16.1 Å². The van der Waals surface area contributed by atoms with Crippen molar-refractivity contribution in [3.8, 4) is 0 Å². The molecule has 3 aromatic rings. The van der Waals surface area contributed by atoms with Gasteiger partial charge in [0.25, 0.3) is 5.91 Å². The van der Waals surface area contributed by atoms with Crippen molar-refractivity contribution in [3.05, 3.63) is 64.4 Å². The molecule has 1 N–H and O–H groups in total. The van der Waals surface area contributed by atoms with Crippen LogP contribution in [0.2, 0.25) is 0 Å². The van der Waals surface area contributed by atoms with E-state index in [0.717, 1.165) is 20.9 Å². The Labute approximate surface area is 130 Å². The lowest BCUT2D eigenvalue weighted by Gasteiger charge is -2.07. The normalized spacial score (nSPS) is 10.8. The van der Waals surface area contributed by atoms with Gasteiger partial charge in [-0.15, -0.1) is 0 Å². The zero-order valence-corrected chi connectivity index (χ0v) is 13.1. The zero-order chi connectivity index (χ0) is 14.8. The fourth-order valence-corrected chi connectivity index (χ4v) is 2.58. The molecule has 0 aliphatic rings. The highest BCUT2D eigenvalue weighted by molar-refractivity contribution is 9.10. The Morgan fingerprint density at radius 1 is 1.19 bits per heavy atom. The van der Waals surface area contributed by atoms with Gasteiger partial charge in [-0.2, -0.15) is 5.10 Å². The second kappa shape index (κ2) is 5.69. The molecule has 1 aromatic heterocycles. The highest BCUT2D eigenvalue weighted by atomic mass is 79.9. The van der Waals surface area contributed by atoms with Crippen LogP contribution in [0, 0.1) is 0 Å². The first-order chi connectivity index (χ1) is 10.1. The number of carbonyl (C=O) groups excluding carboxylic acids is 1. The summed E-state index contributed by atoms with van der Waals surface area (Å²) >= 11 is 3.45. The van der Waals surface area contributed by atoms with Crippen molar-refractivity contribution in [1.82, 2.24) is 15.1 Å². The predicted molar refractivity (Wildman–Crippen MR) is 86.0 cm³/mol. The Balaban J connectivity index is 1.78. The van der Waals surface area contributed by atoms with E-state index in [0.29, 0.717) is 12.1 Å². The molecular weight excluding hydrogens is 330 g/mol. The molecule has 3 rings (SSSR count). The maximum atomic E-state index is 12.2. The smallest absolute Gasteiger partial charge is 0.251 e. The molecule has 4 nitrogen and oxygen atoms in total. The van der Waals surface area contributed by atoms with Crippen LogP contribution in [0.5, 0.6) is 0 Å². The Morgan fingerprint density at radius 3 is 2.71 bits per heavy atom. The minimum atomic E-state index is -0.0824. The van der Waals surface area contributed by atoms with Gasteiger partial charge in [-0.3, -0.25) is 9.48 Å². The summed E-state index contributed by atoms with van der Waals surface area (Å²) in [5.41, 5.74) is 1.63. The summed E-state index contributed by atoms with van der Waals surface area (Å²) in [7, 11) is 1.86.